The van der Waals surface area contributed by atoms with Gasteiger partial charge in [-0.3, -0.25) is 0 Å². The number of benzene rings is 2. The summed E-state index contributed by atoms with van der Waals surface area (Å²) in [4.78, 5) is 4.30. The summed E-state index contributed by atoms with van der Waals surface area (Å²) in [6, 6.07) is 14.5. The molecule has 2 rings (SSSR count). The number of nitrogens with one attached hydrogen (secondary N) is 2. The molecular formula is C19H26N4O3S. The molecule has 27 heavy (non-hydrogen) atoms. The van der Waals surface area contributed by atoms with E-state index in [-0.39, 0.29) is 11.8 Å². The van der Waals surface area contributed by atoms with E-state index >= 15 is 0 Å². The van der Waals surface area contributed by atoms with E-state index in [1.54, 1.807) is 33.1 Å². The van der Waals surface area contributed by atoms with Crippen molar-refractivity contribution in [1.29, 1.82) is 0 Å². The maximum atomic E-state index is 12.0. The van der Waals surface area contributed by atoms with Crippen molar-refractivity contribution >= 4 is 21.7 Å². The highest BCUT2D eigenvalue weighted by molar-refractivity contribution is 7.88. The van der Waals surface area contributed by atoms with Crippen LogP contribution >= 0.6 is 0 Å². The molecule has 0 heterocycles. The summed E-state index contributed by atoms with van der Waals surface area (Å²) in [5.41, 5.74) is 8.38. The van der Waals surface area contributed by atoms with Crippen LogP contribution in [0.15, 0.2) is 53.5 Å². The molecule has 2 aromatic carbocycles. The van der Waals surface area contributed by atoms with Crippen LogP contribution in [0.2, 0.25) is 0 Å². The lowest BCUT2D eigenvalue weighted by Gasteiger charge is -2.10. The van der Waals surface area contributed by atoms with E-state index in [2.05, 4.69) is 15.0 Å². The lowest BCUT2D eigenvalue weighted by atomic mass is 10.1. The van der Waals surface area contributed by atoms with E-state index < -0.39 is 10.0 Å². The van der Waals surface area contributed by atoms with E-state index in [4.69, 9.17) is 10.5 Å². The largest absolute Gasteiger partial charge is 0.497 e. The number of ether oxygens (including phenoxy) is 1. The number of guanidine groups is 1. The lowest BCUT2D eigenvalue weighted by Crippen LogP contribution is -2.31. The second-order valence-corrected chi connectivity index (χ2v) is 8.16. The molecule has 2 aromatic rings. The van der Waals surface area contributed by atoms with Gasteiger partial charge in [0.1, 0.15) is 5.75 Å². The number of nitrogens with two attached hydrogens (primary N) is 1. The minimum Gasteiger partial charge on any atom is -0.497 e. The fraction of sp³-hybridized carbons (Fsp3) is 0.316. The molecule has 4 N–H and O–H groups in total. The topological polar surface area (TPSA) is 106 Å². The average Bonchev–Trinajstić information content (AvgIpc) is 2.60. The van der Waals surface area contributed by atoms with E-state index in [0.717, 1.165) is 22.6 Å². The molecule has 7 nitrogen and oxygen atoms in total. The van der Waals surface area contributed by atoms with Gasteiger partial charge in [0, 0.05) is 11.7 Å². The van der Waals surface area contributed by atoms with Crippen LogP contribution in [0.5, 0.6) is 5.75 Å². The molecule has 0 aromatic heterocycles. The third kappa shape index (κ3) is 7.28. The van der Waals surface area contributed by atoms with Crippen molar-refractivity contribution in [2.24, 2.45) is 10.7 Å². The lowest BCUT2D eigenvalue weighted by molar-refractivity contribution is 0.415. The fourth-order valence-electron chi connectivity index (χ4n) is 2.40. The number of aliphatic imine (C=N–C) groups is 1. The summed E-state index contributed by atoms with van der Waals surface area (Å²) in [5, 5.41) is 3.01. The minimum absolute atomic E-state index is 0.0457. The standard InChI is InChI=1S/C19H26N4O3S/c1-14(2)23-27(24,25)13-16-6-4-15(5-7-16)12-21-19(20)22-17-8-10-18(26-3)11-9-17/h4-11,14,23H,12-13H2,1-3H3,(H3,20,21,22). The molecular weight excluding hydrogens is 364 g/mol. The van der Waals surface area contributed by atoms with Gasteiger partial charge in [0.2, 0.25) is 10.0 Å². The maximum Gasteiger partial charge on any atom is 0.216 e. The Kier molecular flexibility index (Phi) is 7.20. The van der Waals surface area contributed by atoms with E-state index in [1.807, 2.05) is 36.4 Å². The van der Waals surface area contributed by atoms with Crippen LogP contribution in [0.3, 0.4) is 0 Å². The van der Waals surface area contributed by atoms with Crippen LogP contribution in [-0.2, 0) is 22.3 Å². The summed E-state index contributed by atoms with van der Waals surface area (Å²) in [7, 11) is -1.72. The van der Waals surface area contributed by atoms with Crippen LogP contribution in [0.1, 0.15) is 25.0 Å². The second kappa shape index (κ2) is 9.38. The molecule has 0 aliphatic carbocycles. The first kappa shape index (κ1) is 20.7. The number of hydrogen-bond acceptors (Lipinski definition) is 4. The Balaban J connectivity index is 1.92. The van der Waals surface area contributed by atoms with Crippen molar-refractivity contribution in [3.8, 4) is 5.75 Å². The smallest absolute Gasteiger partial charge is 0.216 e. The van der Waals surface area contributed by atoms with E-state index in [0.29, 0.717) is 12.5 Å². The first-order valence-electron chi connectivity index (χ1n) is 8.56. The Morgan fingerprint density at radius 3 is 2.22 bits per heavy atom. The van der Waals surface area contributed by atoms with Crippen LogP contribution < -0.4 is 20.5 Å². The van der Waals surface area contributed by atoms with Gasteiger partial charge in [-0.15, -0.1) is 0 Å². The first-order valence-corrected chi connectivity index (χ1v) is 10.2. The van der Waals surface area contributed by atoms with E-state index in [1.165, 1.54) is 0 Å². The molecule has 8 heteroatoms. The molecule has 0 bridgehead atoms. The summed E-state index contributed by atoms with van der Waals surface area (Å²) in [5.74, 6) is 1.02. The summed E-state index contributed by atoms with van der Waals surface area (Å²) in [6.07, 6.45) is 0. The highest BCUT2D eigenvalue weighted by Gasteiger charge is 2.12. The zero-order valence-electron chi connectivity index (χ0n) is 15.8. The highest BCUT2D eigenvalue weighted by atomic mass is 32.2. The average molecular weight is 391 g/mol. The molecule has 0 spiro atoms. The number of hydrogen-bond donors (Lipinski definition) is 3. The highest BCUT2D eigenvalue weighted by Crippen LogP contribution is 2.15. The number of methoxy groups -OCH3 is 1. The van der Waals surface area contributed by atoms with Gasteiger partial charge in [-0.2, -0.15) is 0 Å². The molecule has 0 saturated heterocycles. The predicted octanol–water partition coefficient (Wildman–Crippen LogP) is 2.45. The van der Waals surface area contributed by atoms with Crippen LogP contribution in [0, 0.1) is 0 Å². The van der Waals surface area contributed by atoms with Crippen LogP contribution in [0.4, 0.5) is 5.69 Å². The predicted molar refractivity (Wildman–Crippen MR) is 109 cm³/mol. The van der Waals surface area contributed by atoms with Gasteiger partial charge in [0.15, 0.2) is 5.96 Å². The molecule has 0 radical (unpaired) electrons. The Labute approximate surface area is 160 Å². The molecule has 0 fully saturated rings. The monoisotopic (exact) mass is 390 g/mol. The van der Waals surface area contributed by atoms with Crippen molar-refractivity contribution in [1.82, 2.24) is 4.72 Å². The van der Waals surface area contributed by atoms with Gasteiger partial charge in [-0.05, 0) is 49.2 Å². The maximum absolute atomic E-state index is 12.0. The number of rotatable bonds is 8. The summed E-state index contributed by atoms with van der Waals surface area (Å²) < 4.78 is 31.6. The van der Waals surface area contributed by atoms with Gasteiger partial charge in [0.25, 0.3) is 0 Å². The molecule has 0 saturated carbocycles. The van der Waals surface area contributed by atoms with Gasteiger partial charge >= 0.3 is 0 Å². The molecule has 0 atom stereocenters. The summed E-state index contributed by atoms with van der Waals surface area (Å²) in [6.45, 7) is 3.98. The molecule has 0 aliphatic heterocycles. The number of nitrogens with zero attached hydrogens (tertiary/aromatic N) is 1. The van der Waals surface area contributed by atoms with Gasteiger partial charge < -0.3 is 15.8 Å². The Morgan fingerprint density at radius 1 is 1.07 bits per heavy atom. The third-order valence-electron chi connectivity index (χ3n) is 3.59. The van der Waals surface area contributed by atoms with E-state index in [9.17, 15) is 8.42 Å². The van der Waals surface area contributed by atoms with Gasteiger partial charge in [0.05, 0.1) is 19.4 Å². The number of anilines is 1. The van der Waals surface area contributed by atoms with Gasteiger partial charge in [-0.25, -0.2) is 18.1 Å². The zero-order valence-corrected chi connectivity index (χ0v) is 16.6. The summed E-state index contributed by atoms with van der Waals surface area (Å²) >= 11 is 0. The number of sulfonamides is 1. The molecule has 146 valence electrons. The van der Waals surface area contributed by atoms with Crippen molar-refractivity contribution in [3.05, 3.63) is 59.7 Å². The minimum atomic E-state index is -3.33. The second-order valence-electron chi connectivity index (χ2n) is 6.40. The normalized spacial score (nSPS) is 12.2. The Hall–Kier alpha value is -2.58. The van der Waals surface area contributed by atoms with Crippen molar-refractivity contribution < 1.29 is 13.2 Å². The molecule has 0 aliphatic rings. The van der Waals surface area contributed by atoms with Gasteiger partial charge in [-0.1, -0.05) is 24.3 Å². The SMILES string of the molecule is COc1ccc(NC(N)=NCc2ccc(CS(=O)(=O)NC(C)C)cc2)cc1. The van der Waals surface area contributed by atoms with Crippen LogP contribution in [-0.4, -0.2) is 27.5 Å². The van der Waals surface area contributed by atoms with Crippen molar-refractivity contribution in [2.75, 3.05) is 12.4 Å². The molecule has 0 amide bonds. The third-order valence-corrected chi connectivity index (χ3v) is 5.13. The van der Waals surface area contributed by atoms with Crippen LogP contribution in [0.25, 0.3) is 0 Å². The quantitative estimate of drug-likeness (QED) is 0.474. The Bertz CT molecular complexity index is 861. The zero-order chi connectivity index (χ0) is 19.9. The Morgan fingerprint density at radius 2 is 1.67 bits per heavy atom. The first-order chi connectivity index (χ1) is 12.8. The van der Waals surface area contributed by atoms with Crippen molar-refractivity contribution in [2.45, 2.75) is 32.2 Å². The molecule has 0 unspecified atom stereocenters. The van der Waals surface area contributed by atoms with Crippen molar-refractivity contribution in [3.63, 3.8) is 0 Å². The fourth-order valence-corrected chi connectivity index (χ4v) is 3.83.